The molecule has 0 aromatic heterocycles. The molecule has 0 amide bonds. The van der Waals surface area contributed by atoms with Crippen molar-refractivity contribution >= 4 is 0 Å². The van der Waals surface area contributed by atoms with Crippen LogP contribution in [0.4, 0.5) is 0 Å². The zero-order valence-electron chi connectivity index (χ0n) is 10.3. The van der Waals surface area contributed by atoms with Crippen LogP contribution in [0.15, 0.2) is 18.2 Å². The number of aryl methyl sites for hydroxylation is 1. The third kappa shape index (κ3) is 2.00. The molecule has 1 N–H and O–H groups in total. The second kappa shape index (κ2) is 4.19. The number of hydrogen-bond donors (Lipinski definition) is 1. The van der Waals surface area contributed by atoms with Crippen molar-refractivity contribution in [1.29, 1.82) is 0 Å². The Labute approximate surface area is 97.3 Å². The topological polar surface area (TPSA) is 29.5 Å². The smallest absolute Gasteiger partial charge is 0.0945 e. The van der Waals surface area contributed by atoms with Crippen molar-refractivity contribution in [3.8, 4) is 0 Å². The lowest BCUT2D eigenvalue weighted by atomic mass is 9.81. The van der Waals surface area contributed by atoms with Crippen molar-refractivity contribution in [3.05, 3.63) is 34.9 Å². The summed E-state index contributed by atoms with van der Waals surface area (Å²) in [6.45, 7) is 6.84. The summed E-state index contributed by atoms with van der Waals surface area (Å²) in [4.78, 5) is 0. The summed E-state index contributed by atoms with van der Waals surface area (Å²) in [5.74, 6) is 0. The van der Waals surface area contributed by atoms with E-state index in [1.807, 2.05) is 19.1 Å². The van der Waals surface area contributed by atoms with E-state index in [2.05, 4.69) is 19.9 Å². The molecular weight excluding hydrogens is 200 g/mol. The predicted molar refractivity (Wildman–Crippen MR) is 64.5 cm³/mol. The second-order valence-corrected chi connectivity index (χ2v) is 4.91. The first-order chi connectivity index (χ1) is 7.53. The van der Waals surface area contributed by atoms with Crippen molar-refractivity contribution in [1.82, 2.24) is 0 Å². The van der Waals surface area contributed by atoms with Crippen LogP contribution >= 0.6 is 0 Å². The minimum Gasteiger partial charge on any atom is -0.385 e. The van der Waals surface area contributed by atoms with Crippen LogP contribution in [0.3, 0.4) is 0 Å². The van der Waals surface area contributed by atoms with E-state index in [9.17, 15) is 5.11 Å². The standard InChI is InChI=1S/C14H20O2/c1-10-5-4-6-13(12(10)3)14(15)7-8-16-11(2)9-14/h4-6,11,15H,7-9H2,1-3H3. The van der Waals surface area contributed by atoms with Crippen LogP contribution < -0.4 is 0 Å². The summed E-state index contributed by atoms with van der Waals surface area (Å²) in [7, 11) is 0. The molecule has 2 rings (SSSR count). The van der Waals surface area contributed by atoms with Crippen LogP contribution in [-0.2, 0) is 10.3 Å². The van der Waals surface area contributed by atoms with Gasteiger partial charge in [-0.25, -0.2) is 0 Å². The number of ether oxygens (including phenoxy) is 1. The van der Waals surface area contributed by atoms with Crippen LogP contribution in [0.2, 0.25) is 0 Å². The van der Waals surface area contributed by atoms with Gasteiger partial charge < -0.3 is 9.84 Å². The fraction of sp³-hybridized carbons (Fsp3) is 0.571. The molecule has 2 heteroatoms. The average Bonchev–Trinajstić information content (AvgIpc) is 2.21. The van der Waals surface area contributed by atoms with Gasteiger partial charge >= 0.3 is 0 Å². The summed E-state index contributed by atoms with van der Waals surface area (Å²) in [5.41, 5.74) is 2.82. The fourth-order valence-corrected chi connectivity index (χ4v) is 2.57. The third-order valence-corrected chi connectivity index (χ3v) is 3.65. The lowest BCUT2D eigenvalue weighted by molar-refractivity contribution is -0.102. The summed E-state index contributed by atoms with van der Waals surface area (Å²) in [6.07, 6.45) is 1.53. The Morgan fingerprint density at radius 2 is 2.12 bits per heavy atom. The van der Waals surface area contributed by atoms with E-state index in [4.69, 9.17) is 4.74 Å². The van der Waals surface area contributed by atoms with Gasteiger partial charge in [-0.05, 0) is 37.5 Å². The van der Waals surface area contributed by atoms with Crippen molar-refractivity contribution < 1.29 is 9.84 Å². The predicted octanol–water partition coefficient (Wildman–Crippen LogP) is 2.69. The highest BCUT2D eigenvalue weighted by Crippen LogP contribution is 2.36. The van der Waals surface area contributed by atoms with Gasteiger partial charge in [0.25, 0.3) is 0 Å². The van der Waals surface area contributed by atoms with E-state index in [0.29, 0.717) is 19.4 Å². The Hall–Kier alpha value is -0.860. The van der Waals surface area contributed by atoms with E-state index in [1.54, 1.807) is 0 Å². The van der Waals surface area contributed by atoms with Crippen molar-refractivity contribution in [2.75, 3.05) is 6.61 Å². The lowest BCUT2D eigenvalue weighted by Crippen LogP contribution is -2.38. The van der Waals surface area contributed by atoms with Crippen LogP contribution in [0.25, 0.3) is 0 Å². The first-order valence-corrected chi connectivity index (χ1v) is 5.93. The zero-order chi connectivity index (χ0) is 11.8. The normalized spacial score (nSPS) is 30.4. The van der Waals surface area contributed by atoms with Crippen molar-refractivity contribution in [2.45, 2.75) is 45.3 Å². The van der Waals surface area contributed by atoms with Crippen LogP contribution in [0, 0.1) is 13.8 Å². The number of aliphatic hydroxyl groups is 1. The molecular formula is C14H20O2. The van der Waals surface area contributed by atoms with E-state index < -0.39 is 5.60 Å². The van der Waals surface area contributed by atoms with Crippen molar-refractivity contribution in [3.63, 3.8) is 0 Å². The molecule has 2 atom stereocenters. The van der Waals surface area contributed by atoms with E-state index >= 15 is 0 Å². The molecule has 1 aromatic carbocycles. The van der Waals surface area contributed by atoms with Crippen LogP contribution in [-0.4, -0.2) is 17.8 Å². The molecule has 1 aromatic rings. The quantitative estimate of drug-likeness (QED) is 0.788. The minimum absolute atomic E-state index is 0.138. The highest BCUT2D eigenvalue weighted by Gasteiger charge is 2.36. The summed E-state index contributed by atoms with van der Waals surface area (Å²) < 4.78 is 5.50. The molecule has 0 bridgehead atoms. The van der Waals surface area contributed by atoms with Crippen molar-refractivity contribution in [2.24, 2.45) is 0 Å². The Morgan fingerprint density at radius 3 is 2.81 bits per heavy atom. The molecule has 1 aliphatic heterocycles. The van der Waals surface area contributed by atoms with Crippen LogP contribution in [0.1, 0.15) is 36.5 Å². The van der Waals surface area contributed by atoms with Gasteiger partial charge in [0.05, 0.1) is 18.3 Å². The molecule has 88 valence electrons. The van der Waals surface area contributed by atoms with Gasteiger partial charge in [-0.2, -0.15) is 0 Å². The third-order valence-electron chi connectivity index (χ3n) is 3.65. The first-order valence-electron chi connectivity index (χ1n) is 5.93. The maximum Gasteiger partial charge on any atom is 0.0945 e. The largest absolute Gasteiger partial charge is 0.385 e. The Morgan fingerprint density at radius 1 is 1.38 bits per heavy atom. The Balaban J connectivity index is 2.38. The highest BCUT2D eigenvalue weighted by atomic mass is 16.5. The molecule has 0 radical (unpaired) electrons. The minimum atomic E-state index is -0.701. The molecule has 2 unspecified atom stereocenters. The Bertz CT molecular complexity index is 386. The molecule has 2 nitrogen and oxygen atoms in total. The Kier molecular flexibility index (Phi) is 3.04. The molecule has 0 spiro atoms. The number of rotatable bonds is 1. The monoisotopic (exact) mass is 220 g/mol. The van der Waals surface area contributed by atoms with Gasteiger partial charge in [0.2, 0.25) is 0 Å². The summed E-state index contributed by atoms with van der Waals surface area (Å²) >= 11 is 0. The highest BCUT2D eigenvalue weighted by molar-refractivity contribution is 5.37. The molecule has 1 aliphatic rings. The van der Waals surface area contributed by atoms with Gasteiger partial charge in [-0.1, -0.05) is 18.2 Å². The lowest BCUT2D eigenvalue weighted by Gasteiger charge is -2.37. The van der Waals surface area contributed by atoms with Gasteiger partial charge in [0, 0.05) is 12.8 Å². The van der Waals surface area contributed by atoms with E-state index in [0.717, 1.165) is 5.56 Å². The first kappa shape index (κ1) is 11.6. The molecule has 1 heterocycles. The van der Waals surface area contributed by atoms with Gasteiger partial charge in [-0.3, -0.25) is 0 Å². The van der Waals surface area contributed by atoms with Gasteiger partial charge in [-0.15, -0.1) is 0 Å². The summed E-state index contributed by atoms with van der Waals surface area (Å²) in [6, 6.07) is 6.15. The SMILES string of the molecule is Cc1cccc(C2(O)CCOC(C)C2)c1C. The number of benzene rings is 1. The molecule has 0 saturated carbocycles. The average molecular weight is 220 g/mol. The maximum atomic E-state index is 10.7. The molecule has 1 fully saturated rings. The number of hydrogen-bond acceptors (Lipinski definition) is 2. The zero-order valence-corrected chi connectivity index (χ0v) is 10.3. The fourth-order valence-electron chi connectivity index (χ4n) is 2.57. The van der Waals surface area contributed by atoms with Crippen LogP contribution in [0.5, 0.6) is 0 Å². The molecule has 1 saturated heterocycles. The van der Waals surface area contributed by atoms with E-state index in [1.165, 1.54) is 11.1 Å². The molecule has 0 aliphatic carbocycles. The summed E-state index contributed by atoms with van der Waals surface area (Å²) in [5, 5.41) is 10.7. The molecule has 16 heavy (non-hydrogen) atoms. The van der Waals surface area contributed by atoms with Gasteiger partial charge in [0.1, 0.15) is 0 Å². The van der Waals surface area contributed by atoms with E-state index in [-0.39, 0.29) is 6.10 Å². The second-order valence-electron chi connectivity index (χ2n) is 4.91. The van der Waals surface area contributed by atoms with Gasteiger partial charge in [0.15, 0.2) is 0 Å². The maximum absolute atomic E-state index is 10.7.